The zero-order valence-electron chi connectivity index (χ0n) is 17.8. The number of hydrogen-bond acceptors (Lipinski definition) is 4. The van der Waals surface area contributed by atoms with Crippen LogP contribution < -0.4 is 10.1 Å². The lowest BCUT2D eigenvalue weighted by Crippen LogP contribution is -2.42. The van der Waals surface area contributed by atoms with E-state index in [-0.39, 0.29) is 11.5 Å². The molecule has 1 N–H and O–H groups in total. The molecule has 2 aromatic carbocycles. The molecule has 0 heterocycles. The molecule has 0 aromatic heterocycles. The highest BCUT2D eigenvalue weighted by molar-refractivity contribution is 6.35. The number of carbonyl (C=O) groups excluding carboxylic acids is 2. The first-order valence-corrected chi connectivity index (χ1v) is 11.3. The first kappa shape index (κ1) is 23.4. The van der Waals surface area contributed by atoms with Crippen LogP contribution in [0.25, 0.3) is 0 Å². The Bertz CT molecular complexity index is 955. The van der Waals surface area contributed by atoms with E-state index in [4.69, 9.17) is 32.7 Å². The minimum Gasteiger partial charge on any atom is -0.493 e. The van der Waals surface area contributed by atoms with Crippen molar-refractivity contribution in [2.75, 3.05) is 19.0 Å². The Kier molecular flexibility index (Phi) is 7.84. The number of anilines is 1. The largest absolute Gasteiger partial charge is 0.493 e. The lowest BCUT2D eigenvalue weighted by molar-refractivity contribution is -0.122. The van der Waals surface area contributed by atoms with Crippen molar-refractivity contribution in [1.82, 2.24) is 0 Å². The van der Waals surface area contributed by atoms with Gasteiger partial charge in [-0.2, -0.15) is 0 Å². The monoisotopic (exact) mass is 463 g/mol. The predicted octanol–water partition coefficient (Wildman–Crippen LogP) is 6.41. The molecular weight excluding hydrogens is 437 g/mol. The Hall–Kier alpha value is -2.24. The SMILES string of the molecule is CCCOc1ccc(NC(=O)C2(c3ccc(Cl)cc3Cl)CCCCC2)cc1C(=O)OC. The summed E-state index contributed by atoms with van der Waals surface area (Å²) in [5, 5.41) is 4.02. The topological polar surface area (TPSA) is 64.6 Å². The fraction of sp³-hybridized carbons (Fsp3) is 0.417. The second-order valence-electron chi connectivity index (χ2n) is 7.77. The highest BCUT2D eigenvalue weighted by Crippen LogP contribution is 2.44. The number of esters is 1. The first-order chi connectivity index (χ1) is 14.9. The van der Waals surface area contributed by atoms with Crippen molar-refractivity contribution in [1.29, 1.82) is 0 Å². The summed E-state index contributed by atoms with van der Waals surface area (Å²) in [4.78, 5) is 25.8. The molecule has 166 valence electrons. The maximum Gasteiger partial charge on any atom is 0.341 e. The van der Waals surface area contributed by atoms with E-state index < -0.39 is 11.4 Å². The van der Waals surface area contributed by atoms with Crippen molar-refractivity contribution < 1.29 is 19.1 Å². The summed E-state index contributed by atoms with van der Waals surface area (Å²) in [6.45, 7) is 2.46. The quantitative estimate of drug-likeness (QED) is 0.481. The van der Waals surface area contributed by atoms with E-state index in [1.807, 2.05) is 13.0 Å². The molecule has 0 atom stereocenters. The average molecular weight is 464 g/mol. The molecule has 0 bridgehead atoms. The van der Waals surface area contributed by atoms with Crippen LogP contribution in [-0.2, 0) is 14.9 Å². The highest BCUT2D eigenvalue weighted by atomic mass is 35.5. The zero-order chi connectivity index (χ0) is 22.4. The van der Waals surface area contributed by atoms with Crippen LogP contribution in [0, 0.1) is 0 Å². The lowest BCUT2D eigenvalue weighted by Gasteiger charge is -2.37. The normalized spacial score (nSPS) is 15.2. The molecule has 1 aliphatic rings. The molecular formula is C24H27Cl2NO4. The standard InChI is InChI=1S/C24H27Cl2NO4/c1-3-13-31-21-10-8-17(15-18(21)22(28)30-2)27-23(29)24(11-5-4-6-12-24)19-9-7-16(25)14-20(19)26/h7-10,14-15H,3-6,11-13H2,1-2H3,(H,27,29). The van der Waals surface area contributed by atoms with Crippen molar-refractivity contribution in [3.8, 4) is 5.75 Å². The second kappa shape index (κ2) is 10.4. The van der Waals surface area contributed by atoms with Crippen molar-refractivity contribution >= 4 is 40.8 Å². The summed E-state index contributed by atoms with van der Waals surface area (Å²) in [5.74, 6) is -0.232. The smallest absolute Gasteiger partial charge is 0.341 e. The van der Waals surface area contributed by atoms with Gasteiger partial charge in [-0.3, -0.25) is 4.79 Å². The minimum atomic E-state index is -0.747. The summed E-state index contributed by atoms with van der Waals surface area (Å²) in [6.07, 6.45) is 5.15. The van der Waals surface area contributed by atoms with Crippen LogP contribution >= 0.6 is 23.2 Å². The molecule has 2 aromatic rings. The van der Waals surface area contributed by atoms with Crippen molar-refractivity contribution in [3.63, 3.8) is 0 Å². The number of rotatable bonds is 7. The molecule has 0 unspecified atom stereocenters. The van der Waals surface area contributed by atoms with Crippen LogP contribution in [-0.4, -0.2) is 25.6 Å². The lowest BCUT2D eigenvalue weighted by atomic mass is 9.68. The van der Waals surface area contributed by atoms with Crippen LogP contribution in [0.4, 0.5) is 5.69 Å². The van der Waals surface area contributed by atoms with Gasteiger partial charge in [0.25, 0.3) is 0 Å². The van der Waals surface area contributed by atoms with Crippen molar-refractivity contribution in [2.45, 2.75) is 50.9 Å². The molecule has 0 radical (unpaired) electrons. The number of nitrogens with one attached hydrogen (secondary N) is 1. The molecule has 3 rings (SSSR count). The molecule has 0 saturated heterocycles. The van der Waals surface area contributed by atoms with E-state index >= 15 is 0 Å². The molecule has 1 saturated carbocycles. The summed E-state index contributed by atoms with van der Waals surface area (Å²) < 4.78 is 10.5. The Labute approximate surface area is 193 Å². The molecule has 1 aliphatic carbocycles. The molecule has 0 aliphatic heterocycles. The van der Waals surface area contributed by atoms with E-state index in [2.05, 4.69) is 5.32 Å². The number of carbonyl (C=O) groups is 2. The third-order valence-corrected chi connectivity index (χ3v) is 6.24. The number of benzene rings is 2. The summed E-state index contributed by atoms with van der Waals surface area (Å²) in [7, 11) is 1.32. The Morgan fingerprint density at radius 3 is 2.45 bits per heavy atom. The van der Waals surface area contributed by atoms with Crippen LogP contribution in [0.3, 0.4) is 0 Å². The van der Waals surface area contributed by atoms with Gasteiger partial charge in [0, 0.05) is 15.7 Å². The van der Waals surface area contributed by atoms with Gasteiger partial charge in [-0.05, 0) is 55.2 Å². The molecule has 7 heteroatoms. The molecule has 0 spiro atoms. The zero-order valence-corrected chi connectivity index (χ0v) is 19.3. The number of amides is 1. The van der Waals surface area contributed by atoms with Gasteiger partial charge < -0.3 is 14.8 Å². The van der Waals surface area contributed by atoms with E-state index in [1.165, 1.54) is 7.11 Å². The van der Waals surface area contributed by atoms with E-state index in [1.54, 1.807) is 30.3 Å². The maximum atomic E-state index is 13.6. The van der Waals surface area contributed by atoms with Gasteiger partial charge in [-0.1, -0.05) is 55.5 Å². The van der Waals surface area contributed by atoms with Gasteiger partial charge in [0.05, 0.1) is 19.1 Å². The number of methoxy groups -OCH3 is 1. The Morgan fingerprint density at radius 1 is 1.06 bits per heavy atom. The van der Waals surface area contributed by atoms with Crippen LogP contribution in [0.15, 0.2) is 36.4 Å². The molecule has 5 nitrogen and oxygen atoms in total. The Balaban J connectivity index is 1.94. The maximum absolute atomic E-state index is 13.6. The van der Waals surface area contributed by atoms with E-state index in [9.17, 15) is 9.59 Å². The number of hydrogen-bond donors (Lipinski definition) is 1. The molecule has 1 amide bonds. The average Bonchev–Trinajstić information content (AvgIpc) is 2.78. The Morgan fingerprint density at radius 2 is 1.81 bits per heavy atom. The summed E-state index contributed by atoms with van der Waals surface area (Å²) in [6, 6.07) is 10.3. The van der Waals surface area contributed by atoms with Gasteiger partial charge in [-0.15, -0.1) is 0 Å². The van der Waals surface area contributed by atoms with Gasteiger partial charge in [0.1, 0.15) is 11.3 Å². The van der Waals surface area contributed by atoms with E-state index in [0.717, 1.165) is 31.2 Å². The molecule has 31 heavy (non-hydrogen) atoms. The molecule has 1 fully saturated rings. The highest BCUT2D eigenvalue weighted by Gasteiger charge is 2.42. The van der Waals surface area contributed by atoms with E-state index in [0.29, 0.717) is 40.9 Å². The van der Waals surface area contributed by atoms with Gasteiger partial charge in [0.15, 0.2) is 0 Å². The fourth-order valence-electron chi connectivity index (χ4n) is 4.12. The number of halogens is 2. The van der Waals surface area contributed by atoms with Gasteiger partial charge in [-0.25, -0.2) is 4.79 Å². The summed E-state index contributed by atoms with van der Waals surface area (Å²) in [5.41, 5.74) is 0.815. The van der Waals surface area contributed by atoms with Gasteiger partial charge >= 0.3 is 5.97 Å². The van der Waals surface area contributed by atoms with Crippen LogP contribution in [0.2, 0.25) is 10.0 Å². The third-order valence-electron chi connectivity index (χ3n) is 5.69. The van der Waals surface area contributed by atoms with Crippen molar-refractivity contribution in [3.05, 3.63) is 57.6 Å². The van der Waals surface area contributed by atoms with Crippen molar-refractivity contribution in [2.24, 2.45) is 0 Å². The minimum absolute atomic E-state index is 0.144. The summed E-state index contributed by atoms with van der Waals surface area (Å²) >= 11 is 12.6. The third kappa shape index (κ3) is 5.16. The predicted molar refractivity (Wildman–Crippen MR) is 123 cm³/mol. The number of ether oxygens (including phenoxy) is 2. The fourth-order valence-corrected chi connectivity index (χ4v) is 4.71. The first-order valence-electron chi connectivity index (χ1n) is 10.5. The second-order valence-corrected chi connectivity index (χ2v) is 8.62. The van der Waals surface area contributed by atoms with Crippen LogP contribution in [0.5, 0.6) is 5.75 Å². The van der Waals surface area contributed by atoms with Crippen LogP contribution in [0.1, 0.15) is 61.4 Å². The van der Waals surface area contributed by atoms with Gasteiger partial charge in [0.2, 0.25) is 5.91 Å².